The maximum absolute atomic E-state index is 2.47. The molecule has 0 aliphatic rings. The number of rotatable bonds is 4. The van der Waals surface area contributed by atoms with Crippen LogP contribution in [0.3, 0.4) is 0 Å². The van der Waals surface area contributed by atoms with Gasteiger partial charge in [0.1, 0.15) is 0 Å². The van der Waals surface area contributed by atoms with Gasteiger partial charge in [-0.2, -0.15) is 0 Å². The van der Waals surface area contributed by atoms with Crippen molar-refractivity contribution >= 4 is 75.1 Å². The predicted octanol–water partition coefficient (Wildman–Crippen LogP) is 13.9. The summed E-state index contributed by atoms with van der Waals surface area (Å²) in [7, 11) is 0. The summed E-state index contributed by atoms with van der Waals surface area (Å²) in [5.41, 5.74) is 13.4. The van der Waals surface area contributed by atoms with Crippen LogP contribution < -0.4 is 0 Å². The summed E-state index contributed by atoms with van der Waals surface area (Å²) in [5.74, 6) is 0. The number of thiophene rings is 1. The molecule has 0 radical (unpaired) electrons. The number of aromatic nitrogens is 2. The van der Waals surface area contributed by atoms with Crippen LogP contribution in [-0.4, -0.2) is 9.13 Å². The van der Waals surface area contributed by atoms with Crippen molar-refractivity contribution in [1.29, 1.82) is 0 Å². The molecule has 0 fully saturated rings. The highest BCUT2D eigenvalue weighted by Gasteiger charge is 2.19. The van der Waals surface area contributed by atoms with Crippen molar-refractivity contribution < 1.29 is 0 Å². The minimum atomic E-state index is 1.18. The number of fused-ring (bicyclic) bond motifs is 9. The standard InChI is InChI=1S/C49H32N2S/c1-31-21-25-34(26-22-31)50-43-17-6-3-12-36(43)41-29-32(23-27-46(41)50)33-24-28-47-42(30-33)37-13-4-8-19-45(37)51(47)44-18-7-2-11-35(44)39-15-10-16-40-38-14-5-9-20-48(38)52-49(39)40/h2-30H,1H3. The van der Waals surface area contributed by atoms with E-state index < -0.39 is 0 Å². The zero-order valence-corrected chi connectivity index (χ0v) is 29.4. The fourth-order valence-corrected chi connectivity index (χ4v) is 9.62. The van der Waals surface area contributed by atoms with Gasteiger partial charge in [0.2, 0.25) is 0 Å². The van der Waals surface area contributed by atoms with E-state index in [4.69, 9.17) is 0 Å². The average molecular weight is 681 g/mol. The summed E-state index contributed by atoms with van der Waals surface area (Å²) in [5, 5.41) is 7.68. The van der Waals surface area contributed by atoms with Gasteiger partial charge in [-0.1, -0.05) is 121 Å². The first-order chi connectivity index (χ1) is 25.7. The smallest absolute Gasteiger partial charge is 0.0541 e. The normalized spacial score (nSPS) is 11.9. The van der Waals surface area contributed by atoms with Crippen LogP contribution in [0.4, 0.5) is 0 Å². The second-order valence-corrected chi connectivity index (χ2v) is 14.9. The minimum Gasteiger partial charge on any atom is -0.309 e. The van der Waals surface area contributed by atoms with E-state index >= 15 is 0 Å². The van der Waals surface area contributed by atoms with Crippen molar-refractivity contribution in [2.75, 3.05) is 0 Å². The van der Waals surface area contributed by atoms with Gasteiger partial charge in [0.05, 0.1) is 27.8 Å². The Balaban J connectivity index is 1.10. The maximum Gasteiger partial charge on any atom is 0.0541 e. The van der Waals surface area contributed by atoms with E-state index in [9.17, 15) is 0 Å². The van der Waals surface area contributed by atoms with Crippen LogP contribution in [0.5, 0.6) is 0 Å². The van der Waals surface area contributed by atoms with Crippen LogP contribution in [0.15, 0.2) is 176 Å². The zero-order chi connectivity index (χ0) is 34.3. The van der Waals surface area contributed by atoms with Crippen molar-refractivity contribution in [2.45, 2.75) is 6.92 Å². The molecule has 0 saturated carbocycles. The molecule has 0 N–H and O–H groups in total. The number of benzene rings is 8. The van der Waals surface area contributed by atoms with Crippen molar-refractivity contribution in [3.63, 3.8) is 0 Å². The van der Waals surface area contributed by atoms with Gasteiger partial charge in [-0.05, 0) is 78.7 Å². The summed E-state index contributed by atoms with van der Waals surface area (Å²) < 4.78 is 7.51. The fraction of sp³-hybridized carbons (Fsp3) is 0.0204. The first-order valence-corrected chi connectivity index (χ1v) is 18.7. The second-order valence-electron chi connectivity index (χ2n) is 13.8. The Kier molecular flexibility index (Phi) is 6.37. The van der Waals surface area contributed by atoms with Gasteiger partial charge < -0.3 is 9.13 Å². The Morgan fingerprint density at radius 1 is 0.385 bits per heavy atom. The topological polar surface area (TPSA) is 9.86 Å². The van der Waals surface area contributed by atoms with E-state index in [1.54, 1.807) is 0 Å². The van der Waals surface area contributed by atoms with Gasteiger partial charge in [0.15, 0.2) is 0 Å². The molecule has 0 amide bonds. The lowest BCUT2D eigenvalue weighted by Crippen LogP contribution is -1.97. The van der Waals surface area contributed by atoms with Gasteiger partial charge in [0, 0.05) is 58.5 Å². The summed E-state index contributed by atoms with van der Waals surface area (Å²) in [6, 6.07) is 64.8. The van der Waals surface area contributed by atoms with Crippen molar-refractivity contribution in [2.24, 2.45) is 0 Å². The fourth-order valence-electron chi connectivity index (χ4n) is 8.39. The SMILES string of the molecule is Cc1ccc(-n2c3ccccc3c3cc(-c4ccc5c(c4)c4ccccc4n5-c4ccccc4-c4cccc5c4sc4ccccc45)ccc32)cc1. The van der Waals surface area contributed by atoms with Gasteiger partial charge in [0.25, 0.3) is 0 Å². The summed E-state index contributed by atoms with van der Waals surface area (Å²) in [4.78, 5) is 0. The number of nitrogens with zero attached hydrogens (tertiary/aromatic N) is 2. The molecule has 0 atom stereocenters. The second kappa shape index (κ2) is 11.3. The molecule has 8 aromatic carbocycles. The third-order valence-corrected chi connectivity index (χ3v) is 12.0. The first-order valence-electron chi connectivity index (χ1n) is 17.9. The molecule has 3 aromatic heterocycles. The van der Waals surface area contributed by atoms with Gasteiger partial charge >= 0.3 is 0 Å². The number of para-hydroxylation sites is 3. The number of hydrogen-bond donors (Lipinski definition) is 0. The highest BCUT2D eigenvalue weighted by Crippen LogP contribution is 2.44. The molecule has 11 aromatic rings. The summed E-state index contributed by atoms with van der Waals surface area (Å²) in [6.07, 6.45) is 0. The number of hydrogen-bond acceptors (Lipinski definition) is 1. The van der Waals surface area contributed by atoms with Crippen molar-refractivity contribution in [1.82, 2.24) is 9.13 Å². The molecule has 0 bridgehead atoms. The van der Waals surface area contributed by atoms with E-state index in [-0.39, 0.29) is 0 Å². The predicted molar refractivity (Wildman–Crippen MR) is 224 cm³/mol. The Bertz CT molecular complexity index is 3190. The molecule has 244 valence electrons. The van der Waals surface area contributed by atoms with E-state index in [1.807, 2.05) is 11.3 Å². The Morgan fingerprint density at radius 2 is 0.923 bits per heavy atom. The van der Waals surface area contributed by atoms with Gasteiger partial charge in [-0.3, -0.25) is 0 Å². The third-order valence-electron chi connectivity index (χ3n) is 10.8. The van der Waals surface area contributed by atoms with Gasteiger partial charge in [-0.15, -0.1) is 11.3 Å². The van der Waals surface area contributed by atoms with Crippen LogP contribution in [0.25, 0.3) is 97.4 Å². The largest absolute Gasteiger partial charge is 0.309 e. The lowest BCUT2D eigenvalue weighted by atomic mass is 10.00. The highest BCUT2D eigenvalue weighted by molar-refractivity contribution is 7.26. The van der Waals surface area contributed by atoms with Gasteiger partial charge in [-0.25, -0.2) is 0 Å². The van der Waals surface area contributed by atoms with Crippen LogP contribution in [0.1, 0.15) is 5.56 Å². The Morgan fingerprint density at radius 3 is 1.65 bits per heavy atom. The zero-order valence-electron chi connectivity index (χ0n) is 28.5. The monoisotopic (exact) mass is 680 g/mol. The molecule has 3 heteroatoms. The molecule has 0 aliphatic heterocycles. The van der Waals surface area contributed by atoms with Crippen LogP contribution in [0.2, 0.25) is 0 Å². The molecule has 3 heterocycles. The lowest BCUT2D eigenvalue weighted by molar-refractivity contribution is 1.17. The van der Waals surface area contributed by atoms with Crippen LogP contribution in [-0.2, 0) is 0 Å². The first kappa shape index (κ1) is 29.3. The molecular formula is C49H32N2S. The maximum atomic E-state index is 2.47. The van der Waals surface area contributed by atoms with Crippen LogP contribution >= 0.6 is 11.3 Å². The quantitative estimate of drug-likeness (QED) is 0.175. The Hall–Kier alpha value is -6.42. The molecule has 11 rings (SSSR count). The van der Waals surface area contributed by atoms with E-state index in [2.05, 4.69) is 192 Å². The summed E-state index contributed by atoms with van der Waals surface area (Å²) >= 11 is 1.89. The lowest BCUT2D eigenvalue weighted by Gasteiger charge is -2.15. The molecule has 2 nitrogen and oxygen atoms in total. The number of aryl methyl sites for hydroxylation is 1. The van der Waals surface area contributed by atoms with E-state index in [0.717, 1.165) is 0 Å². The van der Waals surface area contributed by atoms with E-state index in [1.165, 1.54) is 103 Å². The molecule has 52 heavy (non-hydrogen) atoms. The van der Waals surface area contributed by atoms with E-state index in [0.29, 0.717) is 0 Å². The molecule has 0 unspecified atom stereocenters. The van der Waals surface area contributed by atoms with Crippen molar-refractivity contribution in [3.8, 4) is 33.6 Å². The highest BCUT2D eigenvalue weighted by atomic mass is 32.1. The van der Waals surface area contributed by atoms with Crippen LogP contribution in [0, 0.1) is 6.92 Å². The molecular weight excluding hydrogens is 649 g/mol. The third kappa shape index (κ3) is 4.30. The minimum absolute atomic E-state index is 1.18. The Labute approximate surface area is 305 Å². The van der Waals surface area contributed by atoms with Crippen molar-refractivity contribution in [3.05, 3.63) is 181 Å². The average Bonchev–Trinajstić information content (AvgIpc) is 3.86. The molecule has 0 aliphatic carbocycles. The molecule has 0 saturated heterocycles. The summed E-state index contributed by atoms with van der Waals surface area (Å²) in [6.45, 7) is 2.14. The molecule has 0 spiro atoms.